The minimum Gasteiger partial charge on any atom is -0.497 e. The number of methoxy groups -OCH3 is 2. The van der Waals surface area contributed by atoms with Gasteiger partial charge in [0.05, 0.1) is 30.8 Å². The molecule has 0 unspecified atom stereocenters. The third kappa shape index (κ3) is 4.19. The zero-order valence-corrected chi connectivity index (χ0v) is 17.7. The summed E-state index contributed by atoms with van der Waals surface area (Å²) in [6, 6.07) is 23.1. The van der Waals surface area contributed by atoms with Crippen LogP contribution in [0.1, 0.15) is 5.56 Å². The lowest BCUT2D eigenvalue weighted by molar-refractivity contribution is 0.394. The topological polar surface area (TPSA) is 53.4 Å². The van der Waals surface area contributed by atoms with Crippen molar-refractivity contribution >= 4 is 22.7 Å². The molecule has 1 aromatic heterocycles. The average molecular weight is 419 g/mol. The van der Waals surface area contributed by atoms with E-state index in [0.717, 1.165) is 12.2 Å². The zero-order valence-electron chi connectivity index (χ0n) is 16.9. The van der Waals surface area contributed by atoms with Crippen LogP contribution in [0.4, 0.5) is 0 Å². The van der Waals surface area contributed by atoms with E-state index in [2.05, 4.69) is 12.1 Å². The van der Waals surface area contributed by atoms with E-state index in [1.807, 2.05) is 48.5 Å². The highest BCUT2D eigenvalue weighted by atomic mass is 32.2. The SMILES string of the molecule is COc1cc(OC)cc(-n2c(SCCc3ccccc3)nc3ccccc3c2=O)c1. The molecular formula is C24H22N2O3S. The van der Waals surface area contributed by atoms with Crippen molar-refractivity contribution in [2.75, 3.05) is 20.0 Å². The molecule has 4 aromatic rings. The molecule has 0 saturated heterocycles. The Morgan fingerprint density at radius 3 is 2.27 bits per heavy atom. The first-order chi connectivity index (χ1) is 14.7. The first-order valence-corrected chi connectivity index (χ1v) is 10.6. The number of aromatic nitrogens is 2. The minimum absolute atomic E-state index is 0.113. The number of hydrogen-bond donors (Lipinski definition) is 0. The van der Waals surface area contributed by atoms with Crippen molar-refractivity contribution in [3.05, 3.63) is 88.7 Å². The number of hydrogen-bond acceptors (Lipinski definition) is 5. The highest BCUT2D eigenvalue weighted by Gasteiger charge is 2.15. The molecule has 0 aliphatic heterocycles. The van der Waals surface area contributed by atoms with Crippen molar-refractivity contribution in [2.24, 2.45) is 0 Å². The van der Waals surface area contributed by atoms with Crippen molar-refractivity contribution in [3.8, 4) is 17.2 Å². The maximum absolute atomic E-state index is 13.4. The van der Waals surface area contributed by atoms with E-state index < -0.39 is 0 Å². The largest absolute Gasteiger partial charge is 0.497 e. The molecule has 0 aliphatic carbocycles. The molecule has 30 heavy (non-hydrogen) atoms. The molecule has 0 spiro atoms. The lowest BCUT2D eigenvalue weighted by Gasteiger charge is -2.15. The van der Waals surface area contributed by atoms with Gasteiger partial charge >= 0.3 is 0 Å². The Morgan fingerprint density at radius 2 is 1.57 bits per heavy atom. The molecule has 6 heteroatoms. The van der Waals surface area contributed by atoms with Crippen molar-refractivity contribution in [1.82, 2.24) is 9.55 Å². The Hall–Kier alpha value is -3.25. The molecule has 0 saturated carbocycles. The number of para-hydroxylation sites is 1. The zero-order chi connectivity index (χ0) is 20.9. The first-order valence-electron chi connectivity index (χ1n) is 9.61. The van der Waals surface area contributed by atoms with Crippen molar-refractivity contribution in [3.63, 3.8) is 0 Å². The van der Waals surface area contributed by atoms with Gasteiger partial charge in [0, 0.05) is 24.0 Å². The molecule has 4 rings (SSSR count). The van der Waals surface area contributed by atoms with E-state index in [4.69, 9.17) is 14.5 Å². The van der Waals surface area contributed by atoms with E-state index in [0.29, 0.717) is 33.2 Å². The summed E-state index contributed by atoms with van der Waals surface area (Å²) in [5, 5.41) is 1.22. The van der Waals surface area contributed by atoms with Crippen LogP contribution in [0.2, 0.25) is 0 Å². The summed E-state index contributed by atoms with van der Waals surface area (Å²) in [4.78, 5) is 18.2. The molecule has 0 amide bonds. The second-order valence-corrected chi connectivity index (χ2v) is 7.77. The average Bonchev–Trinajstić information content (AvgIpc) is 2.79. The summed E-state index contributed by atoms with van der Waals surface area (Å²) < 4.78 is 12.4. The second-order valence-electron chi connectivity index (χ2n) is 6.71. The number of aryl methyl sites for hydroxylation is 1. The molecule has 0 aliphatic rings. The van der Waals surface area contributed by atoms with Gasteiger partial charge in [0.15, 0.2) is 5.16 Å². The number of fused-ring (bicyclic) bond motifs is 1. The summed E-state index contributed by atoms with van der Waals surface area (Å²) in [6.07, 6.45) is 0.885. The van der Waals surface area contributed by atoms with Gasteiger partial charge < -0.3 is 9.47 Å². The fourth-order valence-electron chi connectivity index (χ4n) is 3.26. The van der Waals surface area contributed by atoms with Gasteiger partial charge in [-0.1, -0.05) is 54.2 Å². The molecule has 3 aromatic carbocycles. The molecule has 152 valence electrons. The van der Waals surface area contributed by atoms with Gasteiger partial charge in [-0.3, -0.25) is 9.36 Å². The van der Waals surface area contributed by atoms with Crippen LogP contribution in [0.25, 0.3) is 16.6 Å². The molecule has 0 radical (unpaired) electrons. The van der Waals surface area contributed by atoms with Gasteiger partial charge in [0.2, 0.25) is 0 Å². The predicted octanol–water partition coefficient (Wildman–Crippen LogP) is 4.74. The minimum atomic E-state index is -0.113. The molecule has 1 heterocycles. The van der Waals surface area contributed by atoms with Crippen LogP contribution in [-0.4, -0.2) is 29.5 Å². The Bertz CT molecular complexity index is 1200. The van der Waals surface area contributed by atoms with Crippen LogP contribution in [0.3, 0.4) is 0 Å². The smallest absolute Gasteiger partial charge is 0.266 e. The molecule has 0 atom stereocenters. The van der Waals surface area contributed by atoms with Crippen LogP contribution in [0.5, 0.6) is 11.5 Å². The number of ether oxygens (including phenoxy) is 2. The van der Waals surface area contributed by atoms with Crippen LogP contribution < -0.4 is 15.0 Å². The molecule has 0 fully saturated rings. The standard InChI is InChI=1S/C24H22N2O3S/c1-28-19-14-18(15-20(16-19)29-2)26-23(27)21-10-6-7-11-22(21)25-24(26)30-13-12-17-8-4-3-5-9-17/h3-11,14-16H,12-13H2,1-2H3. The highest BCUT2D eigenvalue weighted by Crippen LogP contribution is 2.28. The molecule has 0 bridgehead atoms. The highest BCUT2D eigenvalue weighted by molar-refractivity contribution is 7.99. The first kappa shape index (κ1) is 20.0. The fourth-order valence-corrected chi connectivity index (χ4v) is 4.26. The van der Waals surface area contributed by atoms with Gasteiger partial charge in [0.25, 0.3) is 5.56 Å². The molecule has 5 nitrogen and oxygen atoms in total. The van der Waals surface area contributed by atoms with Gasteiger partial charge in [-0.15, -0.1) is 0 Å². The van der Waals surface area contributed by atoms with Crippen molar-refractivity contribution in [2.45, 2.75) is 11.6 Å². The van der Waals surface area contributed by atoms with Crippen LogP contribution in [0.15, 0.2) is 82.7 Å². The summed E-state index contributed by atoms with van der Waals surface area (Å²) >= 11 is 1.56. The third-order valence-electron chi connectivity index (χ3n) is 4.80. The Labute approximate surface area is 179 Å². The van der Waals surface area contributed by atoms with Crippen LogP contribution in [0, 0.1) is 0 Å². The Balaban J connectivity index is 1.79. The quantitative estimate of drug-likeness (QED) is 0.321. The fraction of sp³-hybridized carbons (Fsp3) is 0.167. The number of thioether (sulfide) groups is 1. The van der Waals surface area contributed by atoms with Gasteiger partial charge in [-0.2, -0.15) is 0 Å². The van der Waals surface area contributed by atoms with Gasteiger partial charge in [-0.25, -0.2) is 4.98 Å². The number of benzene rings is 3. The Morgan fingerprint density at radius 1 is 0.900 bits per heavy atom. The van der Waals surface area contributed by atoms with E-state index in [1.165, 1.54) is 5.56 Å². The van der Waals surface area contributed by atoms with Crippen molar-refractivity contribution < 1.29 is 9.47 Å². The lowest BCUT2D eigenvalue weighted by atomic mass is 10.2. The van der Waals surface area contributed by atoms with Crippen molar-refractivity contribution in [1.29, 1.82) is 0 Å². The van der Waals surface area contributed by atoms with Crippen LogP contribution in [-0.2, 0) is 6.42 Å². The summed E-state index contributed by atoms with van der Waals surface area (Å²) in [6.45, 7) is 0. The van der Waals surface area contributed by atoms with Crippen LogP contribution >= 0.6 is 11.8 Å². The number of nitrogens with zero attached hydrogens (tertiary/aromatic N) is 2. The van der Waals surface area contributed by atoms with E-state index in [-0.39, 0.29) is 5.56 Å². The normalized spacial score (nSPS) is 10.9. The maximum Gasteiger partial charge on any atom is 0.266 e. The van der Waals surface area contributed by atoms with E-state index in [1.54, 1.807) is 42.7 Å². The molecule has 0 N–H and O–H groups in total. The summed E-state index contributed by atoms with van der Waals surface area (Å²) in [5.74, 6) is 2.03. The summed E-state index contributed by atoms with van der Waals surface area (Å²) in [5.41, 5.74) is 2.49. The van der Waals surface area contributed by atoms with Gasteiger partial charge in [0.1, 0.15) is 11.5 Å². The number of rotatable bonds is 7. The van der Waals surface area contributed by atoms with E-state index >= 15 is 0 Å². The van der Waals surface area contributed by atoms with Gasteiger partial charge in [-0.05, 0) is 24.1 Å². The van der Waals surface area contributed by atoms with E-state index in [9.17, 15) is 4.79 Å². The Kier molecular flexibility index (Phi) is 6.05. The molecular weight excluding hydrogens is 396 g/mol. The lowest BCUT2D eigenvalue weighted by Crippen LogP contribution is -2.22. The summed E-state index contributed by atoms with van der Waals surface area (Å²) in [7, 11) is 3.19. The second kappa shape index (κ2) is 9.05. The monoisotopic (exact) mass is 418 g/mol. The maximum atomic E-state index is 13.4. The predicted molar refractivity (Wildman–Crippen MR) is 121 cm³/mol. The third-order valence-corrected chi connectivity index (χ3v) is 5.74.